The fourth-order valence-corrected chi connectivity index (χ4v) is 3.36. The molecule has 1 fully saturated rings. The standard InChI is InChI=1S/C17H26N2O/c1-2-10-18-13-14-8-9-15(14)19-11-5-12-20-17-7-4-3-6-16(17)19/h3-4,6-7,14-15,18H,2,5,8-13H2,1H3. The first kappa shape index (κ1) is 13.7. The molecule has 1 saturated carbocycles. The van der Waals surface area contributed by atoms with Crippen LogP contribution in [0.3, 0.4) is 0 Å². The molecule has 1 aromatic carbocycles. The van der Waals surface area contributed by atoms with Gasteiger partial charge in [0.2, 0.25) is 0 Å². The highest BCUT2D eigenvalue weighted by Gasteiger charge is 2.36. The number of nitrogens with zero attached hydrogens (tertiary/aromatic N) is 1. The maximum atomic E-state index is 5.87. The van der Waals surface area contributed by atoms with Crippen LogP contribution >= 0.6 is 0 Å². The molecule has 0 aromatic heterocycles. The molecule has 0 amide bonds. The molecular weight excluding hydrogens is 248 g/mol. The summed E-state index contributed by atoms with van der Waals surface area (Å²) in [6, 6.07) is 9.22. The van der Waals surface area contributed by atoms with Crippen molar-refractivity contribution in [3.8, 4) is 5.75 Å². The minimum atomic E-state index is 0.696. The van der Waals surface area contributed by atoms with Crippen molar-refractivity contribution in [3.63, 3.8) is 0 Å². The highest BCUT2D eigenvalue weighted by molar-refractivity contribution is 5.60. The topological polar surface area (TPSA) is 24.5 Å². The lowest BCUT2D eigenvalue weighted by molar-refractivity contribution is 0.233. The van der Waals surface area contributed by atoms with Gasteiger partial charge in [0, 0.05) is 12.6 Å². The van der Waals surface area contributed by atoms with E-state index in [1.165, 1.54) is 24.9 Å². The van der Waals surface area contributed by atoms with Crippen LogP contribution in [0.5, 0.6) is 5.75 Å². The molecular formula is C17H26N2O. The number of benzene rings is 1. The minimum absolute atomic E-state index is 0.696. The van der Waals surface area contributed by atoms with Gasteiger partial charge in [-0.1, -0.05) is 19.1 Å². The quantitative estimate of drug-likeness (QED) is 0.835. The second kappa shape index (κ2) is 6.49. The molecule has 2 atom stereocenters. The highest BCUT2D eigenvalue weighted by atomic mass is 16.5. The maximum Gasteiger partial charge on any atom is 0.142 e. The third kappa shape index (κ3) is 2.78. The Labute approximate surface area is 122 Å². The fraction of sp³-hybridized carbons (Fsp3) is 0.647. The molecule has 0 saturated heterocycles. The summed E-state index contributed by atoms with van der Waals surface area (Å²) in [6.45, 7) is 6.51. The molecule has 0 radical (unpaired) electrons. The van der Waals surface area contributed by atoms with Gasteiger partial charge in [0.05, 0.1) is 12.3 Å². The number of hydrogen-bond donors (Lipinski definition) is 1. The molecule has 3 heteroatoms. The molecule has 1 aliphatic carbocycles. The van der Waals surface area contributed by atoms with E-state index >= 15 is 0 Å². The van der Waals surface area contributed by atoms with Crippen LogP contribution in [-0.4, -0.2) is 32.3 Å². The molecule has 1 N–H and O–H groups in total. The lowest BCUT2D eigenvalue weighted by atomic mass is 9.78. The van der Waals surface area contributed by atoms with E-state index < -0.39 is 0 Å². The largest absolute Gasteiger partial charge is 0.491 e. The highest BCUT2D eigenvalue weighted by Crippen LogP contribution is 2.39. The van der Waals surface area contributed by atoms with E-state index in [0.29, 0.717) is 6.04 Å². The Bertz CT molecular complexity index is 435. The third-order valence-electron chi connectivity index (χ3n) is 4.59. The molecule has 2 unspecified atom stereocenters. The van der Waals surface area contributed by atoms with Crippen LogP contribution in [0.1, 0.15) is 32.6 Å². The van der Waals surface area contributed by atoms with Crippen LogP contribution in [0.15, 0.2) is 24.3 Å². The Morgan fingerprint density at radius 3 is 3.00 bits per heavy atom. The maximum absolute atomic E-state index is 5.87. The average molecular weight is 274 g/mol. The lowest BCUT2D eigenvalue weighted by Gasteiger charge is -2.45. The van der Waals surface area contributed by atoms with Gasteiger partial charge in [0.15, 0.2) is 0 Å². The Balaban J connectivity index is 1.70. The summed E-state index contributed by atoms with van der Waals surface area (Å²) in [7, 11) is 0. The van der Waals surface area contributed by atoms with Gasteiger partial charge < -0.3 is 15.0 Å². The molecule has 1 aromatic rings. The second-order valence-electron chi connectivity index (χ2n) is 5.97. The summed E-state index contributed by atoms with van der Waals surface area (Å²) in [6.07, 6.45) is 5.03. The molecule has 20 heavy (non-hydrogen) atoms. The molecule has 1 aliphatic heterocycles. The van der Waals surface area contributed by atoms with Gasteiger partial charge in [-0.3, -0.25) is 0 Å². The molecule has 3 nitrogen and oxygen atoms in total. The fourth-order valence-electron chi connectivity index (χ4n) is 3.36. The first-order chi connectivity index (χ1) is 9.90. The van der Waals surface area contributed by atoms with E-state index in [2.05, 4.69) is 41.4 Å². The van der Waals surface area contributed by atoms with Crippen LogP contribution < -0.4 is 15.0 Å². The Hall–Kier alpha value is -1.22. The average Bonchev–Trinajstić information content (AvgIpc) is 2.66. The zero-order valence-corrected chi connectivity index (χ0v) is 12.5. The minimum Gasteiger partial charge on any atom is -0.491 e. The van der Waals surface area contributed by atoms with Crippen molar-refractivity contribution in [2.75, 3.05) is 31.1 Å². The summed E-state index contributed by atoms with van der Waals surface area (Å²) in [5.41, 5.74) is 1.30. The first-order valence-corrected chi connectivity index (χ1v) is 8.09. The normalized spacial score (nSPS) is 25.4. The van der Waals surface area contributed by atoms with Crippen LogP contribution in [0.4, 0.5) is 5.69 Å². The van der Waals surface area contributed by atoms with E-state index in [1.54, 1.807) is 0 Å². The van der Waals surface area contributed by atoms with E-state index in [0.717, 1.165) is 44.3 Å². The smallest absolute Gasteiger partial charge is 0.142 e. The van der Waals surface area contributed by atoms with Crippen LogP contribution in [0.25, 0.3) is 0 Å². The summed E-state index contributed by atoms with van der Waals surface area (Å²) in [5, 5.41) is 3.59. The third-order valence-corrected chi connectivity index (χ3v) is 4.59. The number of para-hydroxylation sites is 2. The number of hydrogen-bond acceptors (Lipinski definition) is 3. The zero-order valence-electron chi connectivity index (χ0n) is 12.5. The van der Waals surface area contributed by atoms with E-state index in [1.807, 2.05) is 0 Å². The Morgan fingerprint density at radius 1 is 1.30 bits per heavy atom. The first-order valence-electron chi connectivity index (χ1n) is 8.09. The molecule has 110 valence electrons. The van der Waals surface area contributed by atoms with Crippen molar-refractivity contribution in [2.45, 2.75) is 38.6 Å². The van der Waals surface area contributed by atoms with Crippen LogP contribution in [0, 0.1) is 5.92 Å². The van der Waals surface area contributed by atoms with Gasteiger partial charge in [0.25, 0.3) is 0 Å². The predicted octanol–water partition coefficient (Wildman–Crippen LogP) is 3.05. The van der Waals surface area contributed by atoms with Crippen molar-refractivity contribution in [1.29, 1.82) is 0 Å². The SMILES string of the molecule is CCCNCC1CCC1N1CCCOc2ccccc21. The molecule has 0 spiro atoms. The number of ether oxygens (including phenoxy) is 1. The van der Waals surface area contributed by atoms with Crippen molar-refractivity contribution >= 4 is 5.69 Å². The monoisotopic (exact) mass is 274 g/mol. The summed E-state index contributed by atoms with van der Waals surface area (Å²) in [5.74, 6) is 1.87. The van der Waals surface area contributed by atoms with E-state index in [4.69, 9.17) is 4.74 Å². The summed E-state index contributed by atoms with van der Waals surface area (Å²) < 4.78 is 5.87. The predicted molar refractivity (Wildman–Crippen MR) is 83.6 cm³/mol. The van der Waals surface area contributed by atoms with Gasteiger partial charge in [-0.25, -0.2) is 0 Å². The summed E-state index contributed by atoms with van der Waals surface area (Å²) in [4.78, 5) is 2.60. The lowest BCUT2D eigenvalue weighted by Crippen LogP contribution is -2.51. The Morgan fingerprint density at radius 2 is 2.20 bits per heavy atom. The summed E-state index contributed by atoms with van der Waals surface area (Å²) >= 11 is 0. The van der Waals surface area contributed by atoms with Crippen molar-refractivity contribution in [2.24, 2.45) is 5.92 Å². The van der Waals surface area contributed by atoms with Gasteiger partial charge in [0.1, 0.15) is 5.75 Å². The van der Waals surface area contributed by atoms with Gasteiger partial charge >= 0.3 is 0 Å². The van der Waals surface area contributed by atoms with Crippen molar-refractivity contribution < 1.29 is 4.74 Å². The van der Waals surface area contributed by atoms with Crippen molar-refractivity contribution in [3.05, 3.63) is 24.3 Å². The number of nitrogens with one attached hydrogen (secondary N) is 1. The van der Waals surface area contributed by atoms with Crippen LogP contribution in [-0.2, 0) is 0 Å². The van der Waals surface area contributed by atoms with Gasteiger partial charge in [-0.2, -0.15) is 0 Å². The zero-order chi connectivity index (χ0) is 13.8. The van der Waals surface area contributed by atoms with Gasteiger partial charge in [-0.15, -0.1) is 0 Å². The molecule has 0 bridgehead atoms. The van der Waals surface area contributed by atoms with E-state index in [9.17, 15) is 0 Å². The second-order valence-corrected chi connectivity index (χ2v) is 5.97. The van der Waals surface area contributed by atoms with Crippen molar-refractivity contribution in [1.82, 2.24) is 5.32 Å². The Kier molecular flexibility index (Phi) is 4.46. The number of rotatable bonds is 5. The van der Waals surface area contributed by atoms with E-state index in [-0.39, 0.29) is 0 Å². The van der Waals surface area contributed by atoms with Crippen LogP contribution in [0.2, 0.25) is 0 Å². The molecule has 3 rings (SSSR count). The number of fused-ring (bicyclic) bond motifs is 1. The number of anilines is 1. The molecule has 1 heterocycles. The molecule has 2 aliphatic rings. The van der Waals surface area contributed by atoms with Gasteiger partial charge in [-0.05, 0) is 56.8 Å².